The summed E-state index contributed by atoms with van der Waals surface area (Å²) < 4.78 is 10.8. The highest BCUT2D eigenvalue weighted by Gasteiger charge is 2.35. The molecule has 8 heteroatoms. The largest absolute Gasteiger partial charge is 0.445 e. The Kier molecular flexibility index (Phi) is 11.5. The third kappa shape index (κ3) is 9.76. The van der Waals surface area contributed by atoms with E-state index in [1.165, 1.54) is 0 Å². The van der Waals surface area contributed by atoms with Crippen LogP contribution in [0.1, 0.15) is 22.3 Å². The molecular weight excluding hydrogens is 532 g/mol. The minimum absolute atomic E-state index is 0.0504. The molecule has 0 fully saturated rings. The van der Waals surface area contributed by atoms with Crippen LogP contribution < -0.4 is 10.6 Å². The Balaban J connectivity index is 1.48. The summed E-state index contributed by atoms with van der Waals surface area (Å²) in [5, 5.41) is 28.3. The summed E-state index contributed by atoms with van der Waals surface area (Å²) in [6.45, 7) is 0.101. The van der Waals surface area contributed by atoms with E-state index in [0.29, 0.717) is 0 Å². The van der Waals surface area contributed by atoms with Crippen LogP contribution in [0.4, 0.5) is 9.59 Å². The van der Waals surface area contributed by atoms with Crippen LogP contribution in [0.25, 0.3) is 0 Å². The van der Waals surface area contributed by atoms with Crippen LogP contribution in [-0.2, 0) is 35.5 Å². The predicted molar refractivity (Wildman–Crippen MR) is 159 cm³/mol. The number of carbonyl (C=O) groups excluding carboxylic acids is 2. The second kappa shape index (κ2) is 16.0. The molecule has 0 aliphatic heterocycles. The first kappa shape index (κ1) is 30.3. The van der Waals surface area contributed by atoms with Gasteiger partial charge in [-0.1, -0.05) is 121 Å². The van der Waals surface area contributed by atoms with Crippen LogP contribution >= 0.6 is 0 Å². The standard InChI is InChI=1S/C34H36N2O6/c37-31(29(21-25-13-5-1-6-14-25)35-33(39)41-23-27-17-9-3-10-18-27)32(38)30(22-26-15-7-2-8-16-26)36-34(40)42-24-28-19-11-4-12-20-28/h1-20,29-32,37-38H,21-24H2,(H,35,39)(H,36,40)/t29-,30+,31-,32+. The van der Waals surface area contributed by atoms with Crippen molar-refractivity contribution < 1.29 is 29.3 Å². The molecule has 42 heavy (non-hydrogen) atoms. The van der Waals surface area contributed by atoms with Gasteiger partial charge in [0.1, 0.15) is 25.4 Å². The number of benzene rings is 4. The van der Waals surface area contributed by atoms with Crippen molar-refractivity contribution >= 4 is 12.2 Å². The highest BCUT2D eigenvalue weighted by molar-refractivity contribution is 5.68. The number of nitrogens with one attached hydrogen (secondary N) is 2. The lowest BCUT2D eigenvalue weighted by molar-refractivity contribution is -0.0240. The molecule has 4 rings (SSSR count). The second-order valence-corrected chi connectivity index (χ2v) is 9.99. The Morgan fingerprint density at radius 2 is 0.786 bits per heavy atom. The van der Waals surface area contributed by atoms with Crippen LogP contribution in [0.3, 0.4) is 0 Å². The van der Waals surface area contributed by atoms with Crippen molar-refractivity contribution in [3.8, 4) is 0 Å². The Morgan fingerprint density at radius 3 is 1.10 bits per heavy atom. The van der Waals surface area contributed by atoms with Crippen molar-refractivity contribution in [1.82, 2.24) is 10.6 Å². The van der Waals surface area contributed by atoms with Gasteiger partial charge in [0.25, 0.3) is 0 Å². The predicted octanol–water partition coefficient (Wildman–Crippen LogP) is 4.78. The zero-order chi connectivity index (χ0) is 29.6. The smallest absolute Gasteiger partial charge is 0.407 e. The number of hydrogen-bond donors (Lipinski definition) is 4. The number of aliphatic hydroxyl groups excluding tert-OH is 2. The Hall–Kier alpha value is -4.66. The topological polar surface area (TPSA) is 117 Å². The minimum Gasteiger partial charge on any atom is -0.445 e. The second-order valence-electron chi connectivity index (χ2n) is 9.99. The number of rotatable bonds is 13. The highest BCUT2D eigenvalue weighted by Crippen LogP contribution is 2.16. The number of ether oxygens (including phenoxy) is 2. The van der Waals surface area contributed by atoms with E-state index in [1.54, 1.807) is 0 Å². The molecule has 8 nitrogen and oxygen atoms in total. The molecule has 0 radical (unpaired) electrons. The third-order valence-corrected chi connectivity index (χ3v) is 6.80. The van der Waals surface area contributed by atoms with Crippen molar-refractivity contribution in [2.75, 3.05) is 0 Å². The molecule has 218 valence electrons. The fourth-order valence-electron chi connectivity index (χ4n) is 4.56. The summed E-state index contributed by atoms with van der Waals surface area (Å²) in [6, 6.07) is 35.2. The number of amides is 2. The van der Waals surface area contributed by atoms with Gasteiger partial charge < -0.3 is 30.3 Å². The van der Waals surface area contributed by atoms with Crippen molar-refractivity contribution in [3.05, 3.63) is 144 Å². The Morgan fingerprint density at radius 1 is 0.500 bits per heavy atom. The maximum Gasteiger partial charge on any atom is 0.407 e. The molecule has 0 saturated heterocycles. The zero-order valence-corrected chi connectivity index (χ0v) is 23.2. The van der Waals surface area contributed by atoms with E-state index in [0.717, 1.165) is 22.3 Å². The summed E-state index contributed by atoms with van der Waals surface area (Å²) >= 11 is 0. The third-order valence-electron chi connectivity index (χ3n) is 6.80. The zero-order valence-electron chi connectivity index (χ0n) is 23.2. The normalized spacial score (nSPS) is 13.7. The lowest BCUT2D eigenvalue weighted by Crippen LogP contribution is -2.57. The average molecular weight is 569 g/mol. The molecule has 0 heterocycles. The summed E-state index contributed by atoms with van der Waals surface area (Å²) in [4.78, 5) is 25.6. The van der Waals surface area contributed by atoms with Crippen molar-refractivity contribution in [2.24, 2.45) is 0 Å². The molecule has 4 N–H and O–H groups in total. The molecule has 4 aromatic rings. The lowest BCUT2D eigenvalue weighted by atomic mass is 9.91. The fraction of sp³-hybridized carbons (Fsp3) is 0.235. The summed E-state index contributed by atoms with van der Waals surface area (Å²) in [6.07, 6.45) is -3.96. The van der Waals surface area contributed by atoms with E-state index in [-0.39, 0.29) is 26.1 Å². The van der Waals surface area contributed by atoms with E-state index < -0.39 is 36.5 Å². The monoisotopic (exact) mass is 568 g/mol. The molecule has 0 unspecified atom stereocenters. The van der Waals surface area contributed by atoms with Gasteiger partial charge in [-0.2, -0.15) is 0 Å². The van der Waals surface area contributed by atoms with E-state index in [9.17, 15) is 19.8 Å². The van der Waals surface area contributed by atoms with Gasteiger partial charge in [0.05, 0.1) is 12.1 Å². The first-order chi connectivity index (χ1) is 20.5. The SMILES string of the molecule is O=C(N[C@@H](Cc1ccccc1)[C@H](O)[C@H](O)[C@@H](Cc1ccccc1)NC(=O)OCc1ccccc1)OCc1ccccc1. The van der Waals surface area contributed by atoms with Crippen LogP contribution in [0.15, 0.2) is 121 Å². The quantitative estimate of drug-likeness (QED) is 0.184. The van der Waals surface area contributed by atoms with Gasteiger partial charge in [0.15, 0.2) is 0 Å². The molecule has 0 saturated carbocycles. The first-order valence-electron chi connectivity index (χ1n) is 13.9. The number of carbonyl (C=O) groups is 2. The van der Waals surface area contributed by atoms with Gasteiger partial charge in [-0.05, 0) is 35.1 Å². The van der Waals surface area contributed by atoms with Gasteiger partial charge in [-0.15, -0.1) is 0 Å². The van der Waals surface area contributed by atoms with Crippen LogP contribution in [0.2, 0.25) is 0 Å². The molecule has 0 aliphatic rings. The van der Waals surface area contributed by atoms with E-state index in [1.807, 2.05) is 121 Å². The Bertz CT molecular complexity index is 1250. The van der Waals surface area contributed by atoms with Gasteiger partial charge in [0.2, 0.25) is 0 Å². The van der Waals surface area contributed by atoms with Crippen molar-refractivity contribution in [3.63, 3.8) is 0 Å². The number of aliphatic hydroxyl groups is 2. The average Bonchev–Trinajstić information content (AvgIpc) is 3.03. The Labute approximate surface area is 245 Å². The molecule has 0 aliphatic carbocycles. The fourth-order valence-corrected chi connectivity index (χ4v) is 4.56. The molecule has 0 aromatic heterocycles. The van der Waals surface area contributed by atoms with Crippen LogP contribution in [0, 0.1) is 0 Å². The molecule has 2 amide bonds. The van der Waals surface area contributed by atoms with Crippen LogP contribution in [0.5, 0.6) is 0 Å². The van der Waals surface area contributed by atoms with Gasteiger partial charge in [0, 0.05) is 0 Å². The molecule has 0 bridgehead atoms. The highest BCUT2D eigenvalue weighted by atomic mass is 16.6. The molecule has 4 aromatic carbocycles. The number of hydrogen-bond acceptors (Lipinski definition) is 6. The summed E-state index contributed by atoms with van der Waals surface area (Å²) in [5.41, 5.74) is 3.31. The van der Waals surface area contributed by atoms with E-state index in [4.69, 9.17) is 9.47 Å². The van der Waals surface area contributed by atoms with Crippen molar-refractivity contribution in [1.29, 1.82) is 0 Å². The molecule has 4 atom stereocenters. The minimum atomic E-state index is -1.46. The number of alkyl carbamates (subject to hydrolysis) is 2. The maximum atomic E-state index is 12.8. The van der Waals surface area contributed by atoms with E-state index >= 15 is 0 Å². The van der Waals surface area contributed by atoms with Crippen LogP contribution in [-0.4, -0.2) is 46.7 Å². The van der Waals surface area contributed by atoms with Gasteiger partial charge >= 0.3 is 12.2 Å². The molecular formula is C34H36N2O6. The lowest BCUT2D eigenvalue weighted by Gasteiger charge is -2.32. The van der Waals surface area contributed by atoms with Gasteiger partial charge in [-0.3, -0.25) is 0 Å². The summed E-state index contributed by atoms with van der Waals surface area (Å²) in [5.74, 6) is 0. The maximum absolute atomic E-state index is 12.8. The summed E-state index contributed by atoms with van der Waals surface area (Å²) in [7, 11) is 0. The van der Waals surface area contributed by atoms with E-state index in [2.05, 4.69) is 10.6 Å². The van der Waals surface area contributed by atoms with Gasteiger partial charge in [-0.25, -0.2) is 9.59 Å². The molecule has 0 spiro atoms. The first-order valence-corrected chi connectivity index (χ1v) is 13.9. The van der Waals surface area contributed by atoms with Crippen molar-refractivity contribution in [2.45, 2.75) is 50.3 Å².